The highest BCUT2D eigenvalue weighted by Crippen LogP contribution is 2.30. The number of nitrogens with zero attached hydrogens (tertiary/aromatic N) is 1. The molecule has 0 unspecified atom stereocenters. The second kappa shape index (κ2) is 5.31. The van der Waals surface area contributed by atoms with Crippen LogP contribution in [0.4, 0.5) is 4.79 Å². The molecule has 0 spiro atoms. The first-order valence-corrected chi connectivity index (χ1v) is 6.45. The van der Waals surface area contributed by atoms with E-state index in [0.29, 0.717) is 6.61 Å². The van der Waals surface area contributed by atoms with E-state index in [2.05, 4.69) is 0 Å². The molecule has 1 heterocycles. The normalized spacial score (nSPS) is 23.7. The average Bonchev–Trinajstić information content (AvgIpc) is 2.48. The van der Waals surface area contributed by atoms with Gasteiger partial charge in [-0.25, -0.2) is 4.79 Å². The van der Waals surface area contributed by atoms with E-state index in [1.807, 2.05) is 53.7 Å². The number of carbonyl (C=O) groups excluding carboxylic acids is 1. The predicted molar refractivity (Wildman–Crippen MR) is 71.3 cm³/mol. The SMILES string of the molecule is C/C=C/C[C@H]1COC(C)(C)N1C(=O)OC(C)(C)C. The van der Waals surface area contributed by atoms with Gasteiger partial charge >= 0.3 is 6.09 Å². The molecule has 0 radical (unpaired) electrons. The number of ether oxygens (including phenoxy) is 2. The summed E-state index contributed by atoms with van der Waals surface area (Å²) in [5, 5.41) is 0. The lowest BCUT2D eigenvalue weighted by Crippen LogP contribution is -2.49. The van der Waals surface area contributed by atoms with Gasteiger partial charge in [-0.1, -0.05) is 12.2 Å². The summed E-state index contributed by atoms with van der Waals surface area (Å²) in [7, 11) is 0. The summed E-state index contributed by atoms with van der Waals surface area (Å²) in [5.41, 5.74) is -1.09. The van der Waals surface area contributed by atoms with Crippen LogP contribution in [0.3, 0.4) is 0 Å². The van der Waals surface area contributed by atoms with Gasteiger partial charge in [0, 0.05) is 0 Å². The van der Waals surface area contributed by atoms with Crippen molar-refractivity contribution in [1.29, 1.82) is 0 Å². The molecule has 0 saturated carbocycles. The van der Waals surface area contributed by atoms with E-state index in [1.54, 1.807) is 4.90 Å². The highest BCUT2D eigenvalue weighted by Gasteiger charge is 2.44. The fourth-order valence-electron chi connectivity index (χ4n) is 2.03. The van der Waals surface area contributed by atoms with Crippen LogP contribution in [-0.2, 0) is 9.47 Å². The number of hydrogen-bond donors (Lipinski definition) is 0. The van der Waals surface area contributed by atoms with Crippen molar-refractivity contribution in [1.82, 2.24) is 4.90 Å². The molecule has 1 fully saturated rings. The van der Waals surface area contributed by atoms with Crippen LogP contribution < -0.4 is 0 Å². The van der Waals surface area contributed by atoms with E-state index in [4.69, 9.17) is 9.47 Å². The molecule has 0 aromatic heterocycles. The zero-order valence-corrected chi connectivity index (χ0v) is 12.3. The van der Waals surface area contributed by atoms with E-state index in [0.717, 1.165) is 6.42 Å². The van der Waals surface area contributed by atoms with Crippen LogP contribution >= 0.6 is 0 Å². The van der Waals surface area contributed by atoms with E-state index in [1.165, 1.54) is 0 Å². The Morgan fingerprint density at radius 1 is 1.50 bits per heavy atom. The van der Waals surface area contributed by atoms with Crippen molar-refractivity contribution < 1.29 is 14.3 Å². The standard InChI is InChI=1S/C14H25NO3/c1-7-8-9-11-10-17-14(5,6)15(11)12(16)18-13(2,3)4/h7-8,11H,9-10H2,1-6H3/b8-7+/t11-/m0/s1. The maximum Gasteiger partial charge on any atom is 0.412 e. The van der Waals surface area contributed by atoms with Gasteiger partial charge in [0.2, 0.25) is 0 Å². The van der Waals surface area contributed by atoms with Gasteiger partial charge in [0.15, 0.2) is 0 Å². The summed E-state index contributed by atoms with van der Waals surface area (Å²) >= 11 is 0. The third-order valence-corrected chi connectivity index (χ3v) is 2.81. The van der Waals surface area contributed by atoms with E-state index < -0.39 is 11.3 Å². The zero-order valence-electron chi connectivity index (χ0n) is 12.3. The minimum atomic E-state index is -0.603. The molecule has 1 aliphatic rings. The summed E-state index contributed by atoms with van der Waals surface area (Å²) < 4.78 is 11.1. The Morgan fingerprint density at radius 3 is 2.61 bits per heavy atom. The summed E-state index contributed by atoms with van der Waals surface area (Å²) in [4.78, 5) is 14.0. The first-order valence-electron chi connectivity index (χ1n) is 6.45. The molecule has 18 heavy (non-hydrogen) atoms. The van der Waals surface area contributed by atoms with Crippen LogP contribution in [-0.4, -0.2) is 35.0 Å². The number of amides is 1. The zero-order chi connectivity index (χ0) is 14.0. The van der Waals surface area contributed by atoms with E-state index in [9.17, 15) is 4.79 Å². The van der Waals surface area contributed by atoms with Crippen molar-refractivity contribution in [2.75, 3.05) is 6.61 Å². The first kappa shape index (κ1) is 15.0. The first-order chi connectivity index (χ1) is 8.17. The second-order valence-electron chi connectivity index (χ2n) is 6.07. The van der Waals surface area contributed by atoms with Crippen molar-refractivity contribution >= 4 is 6.09 Å². The van der Waals surface area contributed by atoms with Gasteiger partial charge in [-0.2, -0.15) is 0 Å². The Balaban J connectivity index is 2.81. The monoisotopic (exact) mass is 255 g/mol. The fourth-order valence-corrected chi connectivity index (χ4v) is 2.03. The Morgan fingerprint density at radius 2 is 2.11 bits per heavy atom. The molecule has 0 N–H and O–H groups in total. The molecule has 1 saturated heterocycles. The molecular weight excluding hydrogens is 230 g/mol. The van der Waals surface area contributed by atoms with Crippen LogP contribution in [0.15, 0.2) is 12.2 Å². The Kier molecular flexibility index (Phi) is 4.43. The summed E-state index contributed by atoms with van der Waals surface area (Å²) in [6, 6.07) is 0.0473. The third-order valence-electron chi connectivity index (χ3n) is 2.81. The lowest BCUT2D eigenvalue weighted by molar-refractivity contribution is -0.0623. The average molecular weight is 255 g/mol. The Hall–Kier alpha value is -1.03. The van der Waals surface area contributed by atoms with Crippen molar-refractivity contribution in [3.05, 3.63) is 12.2 Å². The van der Waals surface area contributed by atoms with Crippen LogP contribution in [0.1, 0.15) is 48.0 Å². The highest BCUT2D eigenvalue weighted by molar-refractivity contribution is 5.69. The van der Waals surface area contributed by atoms with Gasteiger partial charge in [0.25, 0.3) is 0 Å². The van der Waals surface area contributed by atoms with Crippen LogP contribution in [0.5, 0.6) is 0 Å². The highest BCUT2D eigenvalue weighted by atomic mass is 16.6. The lowest BCUT2D eigenvalue weighted by atomic mass is 10.1. The fraction of sp³-hybridized carbons (Fsp3) is 0.786. The number of carbonyl (C=O) groups is 1. The van der Waals surface area contributed by atoms with Gasteiger partial charge in [0.1, 0.15) is 11.3 Å². The smallest absolute Gasteiger partial charge is 0.412 e. The number of rotatable bonds is 2. The third kappa shape index (κ3) is 3.73. The molecule has 0 aliphatic carbocycles. The van der Waals surface area contributed by atoms with Crippen molar-refractivity contribution in [3.63, 3.8) is 0 Å². The van der Waals surface area contributed by atoms with Gasteiger partial charge in [-0.3, -0.25) is 4.90 Å². The molecule has 0 aromatic rings. The van der Waals surface area contributed by atoms with Gasteiger partial charge < -0.3 is 9.47 Å². The van der Waals surface area contributed by atoms with Gasteiger partial charge in [-0.05, 0) is 48.0 Å². The molecule has 0 aromatic carbocycles. The van der Waals surface area contributed by atoms with Crippen LogP contribution in [0.2, 0.25) is 0 Å². The quantitative estimate of drug-likeness (QED) is 0.710. The molecule has 1 atom stereocenters. The van der Waals surface area contributed by atoms with Gasteiger partial charge in [-0.15, -0.1) is 0 Å². The summed E-state index contributed by atoms with van der Waals surface area (Å²) in [6.07, 6.45) is 4.52. The van der Waals surface area contributed by atoms with Crippen molar-refractivity contribution in [2.45, 2.75) is 65.3 Å². The molecule has 1 rings (SSSR count). The Labute approximate surface area is 110 Å². The lowest BCUT2D eigenvalue weighted by Gasteiger charge is -2.34. The Bertz CT molecular complexity index is 328. The predicted octanol–water partition coefficient (Wildman–Crippen LogP) is 3.32. The molecule has 4 nitrogen and oxygen atoms in total. The maximum atomic E-state index is 12.2. The van der Waals surface area contributed by atoms with Crippen molar-refractivity contribution in [3.8, 4) is 0 Å². The minimum absolute atomic E-state index is 0.0473. The van der Waals surface area contributed by atoms with Crippen LogP contribution in [0, 0.1) is 0 Å². The second-order valence-corrected chi connectivity index (χ2v) is 6.07. The number of hydrogen-bond acceptors (Lipinski definition) is 3. The largest absolute Gasteiger partial charge is 0.444 e. The van der Waals surface area contributed by atoms with Crippen LogP contribution in [0.25, 0.3) is 0 Å². The minimum Gasteiger partial charge on any atom is -0.444 e. The molecule has 1 amide bonds. The molecule has 104 valence electrons. The van der Waals surface area contributed by atoms with E-state index >= 15 is 0 Å². The maximum absolute atomic E-state index is 12.2. The summed E-state index contributed by atoms with van der Waals surface area (Å²) in [6.45, 7) is 11.9. The number of allylic oxidation sites excluding steroid dienone is 1. The summed E-state index contributed by atoms with van der Waals surface area (Å²) in [5.74, 6) is 0. The molecule has 1 aliphatic heterocycles. The molecule has 4 heteroatoms. The molecule has 0 bridgehead atoms. The van der Waals surface area contributed by atoms with Gasteiger partial charge in [0.05, 0.1) is 12.6 Å². The topological polar surface area (TPSA) is 38.8 Å². The molecular formula is C14H25NO3. The van der Waals surface area contributed by atoms with Crippen molar-refractivity contribution in [2.24, 2.45) is 0 Å². The van der Waals surface area contributed by atoms with E-state index in [-0.39, 0.29) is 12.1 Å².